The number of halogens is 2. The average molecular weight is 296 g/mol. The Hall–Kier alpha value is -1.38. The minimum Gasteiger partial charge on any atom is -0.506 e. The minimum atomic E-state index is 0.145. The molecule has 2 aromatic carbocycles. The van der Waals surface area contributed by atoms with Gasteiger partial charge in [-0.15, -0.1) is 0 Å². The third-order valence-electron chi connectivity index (χ3n) is 3.01. The number of phenolic OH excluding ortho intramolecular Hbond substituents is 1. The first kappa shape index (κ1) is 14.0. The van der Waals surface area contributed by atoms with Crippen LogP contribution < -0.4 is 5.73 Å². The molecular weight excluding hydrogens is 281 g/mol. The molecule has 0 amide bonds. The summed E-state index contributed by atoms with van der Waals surface area (Å²) >= 11 is 11.8. The zero-order valence-electron chi connectivity index (χ0n) is 10.4. The SMILES string of the molecule is Nc1ccc(CCCc2ccc(Cl)c(Cl)c2)cc1O. The maximum atomic E-state index is 9.53. The summed E-state index contributed by atoms with van der Waals surface area (Å²) in [5, 5.41) is 10.7. The molecule has 0 radical (unpaired) electrons. The highest BCUT2D eigenvalue weighted by Gasteiger charge is 2.02. The van der Waals surface area contributed by atoms with Crippen LogP contribution in [0.25, 0.3) is 0 Å². The lowest BCUT2D eigenvalue weighted by Gasteiger charge is -2.05. The number of aromatic hydroxyl groups is 1. The lowest BCUT2D eigenvalue weighted by molar-refractivity contribution is 0.477. The molecule has 0 aromatic heterocycles. The number of anilines is 1. The number of rotatable bonds is 4. The van der Waals surface area contributed by atoms with Crippen molar-refractivity contribution >= 4 is 28.9 Å². The molecule has 4 heteroatoms. The van der Waals surface area contributed by atoms with Crippen LogP contribution in [-0.4, -0.2) is 5.11 Å². The molecule has 0 unspecified atom stereocenters. The van der Waals surface area contributed by atoms with Crippen molar-refractivity contribution in [1.29, 1.82) is 0 Å². The van der Waals surface area contributed by atoms with Gasteiger partial charge >= 0.3 is 0 Å². The van der Waals surface area contributed by atoms with E-state index in [1.165, 1.54) is 0 Å². The molecule has 0 fully saturated rings. The molecule has 0 heterocycles. The van der Waals surface area contributed by atoms with E-state index in [9.17, 15) is 5.11 Å². The van der Waals surface area contributed by atoms with Crippen molar-refractivity contribution in [2.24, 2.45) is 0 Å². The number of hydrogen-bond donors (Lipinski definition) is 2. The number of nitrogen functional groups attached to an aromatic ring is 1. The number of aryl methyl sites for hydroxylation is 2. The second-order valence-corrected chi connectivity index (χ2v) is 5.31. The average Bonchev–Trinajstić information content (AvgIpc) is 2.38. The van der Waals surface area contributed by atoms with Gasteiger partial charge in [-0.25, -0.2) is 0 Å². The van der Waals surface area contributed by atoms with Crippen molar-refractivity contribution in [3.63, 3.8) is 0 Å². The van der Waals surface area contributed by atoms with Gasteiger partial charge in [0.2, 0.25) is 0 Å². The molecule has 0 atom stereocenters. The van der Waals surface area contributed by atoms with E-state index in [1.54, 1.807) is 12.1 Å². The van der Waals surface area contributed by atoms with E-state index < -0.39 is 0 Å². The largest absolute Gasteiger partial charge is 0.506 e. The fourth-order valence-electron chi connectivity index (χ4n) is 1.94. The molecule has 0 aliphatic carbocycles. The molecular formula is C15H15Cl2NO. The number of hydrogen-bond acceptors (Lipinski definition) is 2. The summed E-state index contributed by atoms with van der Waals surface area (Å²) in [5.41, 5.74) is 8.21. The van der Waals surface area contributed by atoms with Crippen LogP contribution in [0.3, 0.4) is 0 Å². The third kappa shape index (κ3) is 3.79. The van der Waals surface area contributed by atoms with Crippen LogP contribution in [0, 0.1) is 0 Å². The first-order valence-electron chi connectivity index (χ1n) is 6.07. The van der Waals surface area contributed by atoms with Gasteiger partial charge in [0.25, 0.3) is 0 Å². The smallest absolute Gasteiger partial charge is 0.138 e. The second-order valence-electron chi connectivity index (χ2n) is 4.50. The predicted octanol–water partition coefficient (Wildman–Crippen LogP) is 4.46. The predicted molar refractivity (Wildman–Crippen MR) is 81.0 cm³/mol. The quantitative estimate of drug-likeness (QED) is 0.646. The lowest BCUT2D eigenvalue weighted by atomic mass is 10.0. The van der Waals surface area contributed by atoms with Crippen molar-refractivity contribution in [2.45, 2.75) is 19.3 Å². The molecule has 3 N–H and O–H groups in total. The van der Waals surface area contributed by atoms with Crippen molar-refractivity contribution in [3.05, 3.63) is 57.6 Å². The highest BCUT2D eigenvalue weighted by Crippen LogP contribution is 2.24. The van der Waals surface area contributed by atoms with Gasteiger partial charge in [0.1, 0.15) is 5.75 Å². The first-order chi connectivity index (χ1) is 9.06. The summed E-state index contributed by atoms with van der Waals surface area (Å²) in [4.78, 5) is 0. The zero-order chi connectivity index (χ0) is 13.8. The van der Waals surface area contributed by atoms with E-state index in [0.717, 1.165) is 30.4 Å². The Morgan fingerprint density at radius 3 is 2.16 bits per heavy atom. The molecule has 0 aliphatic rings. The van der Waals surface area contributed by atoms with Crippen LogP contribution >= 0.6 is 23.2 Å². The van der Waals surface area contributed by atoms with Gasteiger partial charge in [-0.1, -0.05) is 35.3 Å². The Labute approximate surface area is 122 Å². The lowest BCUT2D eigenvalue weighted by Crippen LogP contribution is -1.92. The molecule has 100 valence electrons. The standard InChI is InChI=1S/C15H15Cl2NO/c16-12-6-4-10(8-13(12)17)2-1-3-11-5-7-14(18)15(19)9-11/h4-9,19H,1-3,18H2. The van der Waals surface area contributed by atoms with E-state index in [1.807, 2.05) is 24.3 Å². The van der Waals surface area contributed by atoms with Crippen LogP contribution in [-0.2, 0) is 12.8 Å². The molecule has 0 aliphatic heterocycles. The highest BCUT2D eigenvalue weighted by molar-refractivity contribution is 6.42. The number of benzene rings is 2. The molecule has 0 saturated carbocycles. The molecule has 2 rings (SSSR count). The summed E-state index contributed by atoms with van der Waals surface area (Å²) in [5.74, 6) is 0.145. The highest BCUT2D eigenvalue weighted by atomic mass is 35.5. The maximum absolute atomic E-state index is 9.53. The van der Waals surface area contributed by atoms with E-state index in [2.05, 4.69) is 0 Å². The summed E-state index contributed by atoms with van der Waals surface area (Å²) in [7, 11) is 0. The molecule has 0 bridgehead atoms. The van der Waals surface area contributed by atoms with Gasteiger partial charge in [0.05, 0.1) is 15.7 Å². The van der Waals surface area contributed by atoms with Crippen LogP contribution in [0.1, 0.15) is 17.5 Å². The first-order valence-corrected chi connectivity index (χ1v) is 6.83. The number of nitrogens with two attached hydrogens (primary N) is 1. The van der Waals surface area contributed by atoms with Crippen molar-refractivity contribution in [3.8, 4) is 5.75 Å². The molecule has 0 saturated heterocycles. The summed E-state index contributed by atoms with van der Waals surface area (Å²) in [6.45, 7) is 0. The summed E-state index contributed by atoms with van der Waals surface area (Å²) < 4.78 is 0. The Morgan fingerprint density at radius 2 is 1.53 bits per heavy atom. The molecule has 2 aromatic rings. The maximum Gasteiger partial charge on any atom is 0.138 e. The summed E-state index contributed by atoms with van der Waals surface area (Å²) in [6, 6.07) is 11.1. The van der Waals surface area contributed by atoms with Crippen molar-refractivity contribution < 1.29 is 5.11 Å². The van der Waals surface area contributed by atoms with Crippen LogP contribution in [0.2, 0.25) is 10.0 Å². The Kier molecular flexibility index (Phi) is 4.56. The van der Waals surface area contributed by atoms with E-state index >= 15 is 0 Å². The van der Waals surface area contributed by atoms with E-state index in [4.69, 9.17) is 28.9 Å². The van der Waals surface area contributed by atoms with Gasteiger partial charge in [0.15, 0.2) is 0 Å². The van der Waals surface area contributed by atoms with Crippen LogP contribution in [0.15, 0.2) is 36.4 Å². The van der Waals surface area contributed by atoms with Gasteiger partial charge in [-0.2, -0.15) is 0 Å². The van der Waals surface area contributed by atoms with Crippen LogP contribution in [0.5, 0.6) is 5.75 Å². The Bertz CT molecular complexity index is 533. The molecule has 19 heavy (non-hydrogen) atoms. The van der Waals surface area contributed by atoms with Gasteiger partial charge < -0.3 is 10.8 Å². The number of phenols is 1. The third-order valence-corrected chi connectivity index (χ3v) is 3.75. The van der Waals surface area contributed by atoms with Crippen molar-refractivity contribution in [1.82, 2.24) is 0 Å². The normalized spacial score (nSPS) is 10.6. The Morgan fingerprint density at radius 1 is 0.895 bits per heavy atom. The fraction of sp³-hybridized carbons (Fsp3) is 0.200. The Balaban J connectivity index is 1.92. The van der Waals surface area contributed by atoms with Crippen LogP contribution in [0.4, 0.5) is 5.69 Å². The van der Waals surface area contributed by atoms with E-state index in [-0.39, 0.29) is 5.75 Å². The molecule has 0 spiro atoms. The van der Waals surface area contributed by atoms with Gasteiger partial charge in [0, 0.05) is 0 Å². The van der Waals surface area contributed by atoms with E-state index in [0.29, 0.717) is 15.7 Å². The second kappa shape index (κ2) is 6.18. The van der Waals surface area contributed by atoms with Crippen molar-refractivity contribution in [2.75, 3.05) is 5.73 Å². The minimum absolute atomic E-state index is 0.145. The molecule has 2 nitrogen and oxygen atoms in total. The monoisotopic (exact) mass is 295 g/mol. The zero-order valence-corrected chi connectivity index (χ0v) is 11.9. The summed E-state index contributed by atoms with van der Waals surface area (Å²) in [6.07, 6.45) is 2.78. The van der Waals surface area contributed by atoms with Gasteiger partial charge in [-0.05, 0) is 54.7 Å². The topological polar surface area (TPSA) is 46.2 Å². The fourth-order valence-corrected chi connectivity index (χ4v) is 2.26. The van der Waals surface area contributed by atoms with Gasteiger partial charge in [-0.3, -0.25) is 0 Å².